The van der Waals surface area contributed by atoms with Crippen molar-refractivity contribution in [2.24, 2.45) is 0 Å². The van der Waals surface area contributed by atoms with Gasteiger partial charge in [0, 0.05) is 19.3 Å². The first kappa shape index (κ1) is 18.8. The molecule has 2 aromatic rings. The van der Waals surface area contributed by atoms with Crippen LogP contribution in [0.4, 0.5) is 5.82 Å². The van der Waals surface area contributed by atoms with E-state index in [0.29, 0.717) is 13.1 Å². The summed E-state index contributed by atoms with van der Waals surface area (Å²) in [4.78, 5) is 6.18. The Morgan fingerprint density at radius 1 is 1.12 bits per heavy atom. The van der Waals surface area contributed by atoms with E-state index in [4.69, 9.17) is 0 Å². The van der Waals surface area contributed by atoms with Crippen molar-refractivity contribution < 1.29 is 16.8 Å². The van der Waals surface area contributed by atoms with E-state index in [1.165, 1.54) is 28.7 Å². The van der Waals surface area contributed by atoms with Crippen LogP contribution in [-0.2, 0) is 20.0 Å². The van der Waals surface area contributed by atoms with Gasteiger partial charge in [-0.2, -0.15) is 4.31 Å². The maximum Gasteiger partial charge on any atom is 0.266 e. The molecule has 2 heterocycles. The topological polar surface area (TPSA) is 108 Å². The summed E-state index contributed by atoms with van der Waals surface area (Å²) in [6, 6.07) is 5.88. The third kappa shape index (κ3) is 4.11. The molecule has 0 radical (unpaired) electrons. The molecular weight excluding hydrogens is 372 g/mol. The summed E-state index contributed by atoms with van der Waals surface area (Å²) in [6.45, 7) is 4.23. The quantitative estimate of drug-likeness (QED) is 0.661. The highest BCUT2D eigenvalue weighted by Crippen LogP contribution is 2.17. The van der Waals surface area contributed by atoms with Crippen molar-refractivity contribution in [1.29, 1.82) is 0 Å². The fourth-order valence-electron chi connectivity index (χ4n) is 1.91. The Labute approximate surface area is 145 Å². The van der Waals surface area contributed by atoms with Gasteiger partial charge in [0.25, 0.3) is 10.0 Å². The SMILES string of the molecule is CCN(CC)S(=O)(=O)c1ccc(NNS(=O)(=O)c2cccs2)nc1. The zero-order valence-electron chi connectivity index (χ0n) is 13.1. The number of sulfonamides is 2. The molecule has 0 unspecified atom stereocenters. The lowest BCUT2D eigenvalue weighted by atomic mass is 10.5. The van der Waals surface area contributed by atoms with Crippen LogP contribution in [0.15, 0.2) is 44.9 Å². The van der Waals surface area contributed by atoms with Gasteiger partial charge in [0.15, 0.2) is 0 Å². The molecule has 132 valence electrons. The molecule has 0 aliphatic carbocycles. The van der Waals surface area contributed by atoms with Crippen molar-refractivity contribution in [3.8, 4) is 0 Å². The van der Waals surface area contributed by atoms with Gasteiger partial charge >= 0.3 is 0 Å². The monoisotopic (exact) mass is 390 g/mol. The lowest BCUT2D eigenvalue weighted by Gasteiger charge is -2.18. The van der Waals surface area contributed by atoms with E-state index in [0.717, 1.165) is 11.3 Å². The molecule has 0 fully saturated rings. The fraction of sp³-hybridized carbons (Fsp3) is 0.308. The van der Waals surface area contributed by atoms with Crippen LogP contribution in [0, 0.1) is 0 Å². The van der Waals surface area contributed by atoms with Gasteiger partial charge in [-0.15, -0.1) is 16.2 Å². The summed E-state index contributed by atoms with van der Waals surface area (Å²) in [7, 11) is -7.27. The molecule has 8 nitrogen and oxygen atoms in total. The minimum absolute atomic E-state index is 0.0536. The Hall–Kier alpha value is -1.53. The van der Waals surface area contributed by atoms with Crippen molar-refractivity contribution in [2.45, 2.75) is 23.0 Å². The Bertz CT molecular complexity index is 858. The predicted molar refractivity (Wildman–Crippen MR) is 92.6 cm³/mol. The molecule has 0 atom stereocenters. The van der Waals surface area contributed by atoms with Crippen LogP contribution in [0.3, 0.4) is 0 Å². The first-order chi connectivity index (χ1) is 11.3. The summed E-state index contributed by atoms with van der Waals surface area (Å²) in [5.41, 5.74) is 2.46. The number of nitrogens with zero attached hydrogens (tertiary/aromatic N) is 2. The highest BCUT2D eigenvalue weighted by molar-refractivity contribution is 7.91. The summed E-state index contributed by atoms with van der Waals surface area (Å²) < 4.78 is 50.1. The second-order valence-corrected chi connectivity index (χ2v) is 9.43. The normalized spacial score (nSPS) is 12.5. The summed E-state index contributed by atoms with van der Waals surface area (Å²) in [5, 5.41) is 1.65. The van der Waals surface area contributed by atoms with Gasteiger partial charge in [-0.05, 0) is 23.6 Å². The molecule has 11 heteroatoms. The number of hydrogen-bond acceptors (Lipinski definition) is 7. The highest BCUT2D eigenvalue weighted by Gasteiger charge is 2.22. The molecule has 2 aromatic heterocycles. The molecule has 2 rings (SSSR count). The van der Waals surface area contributed by atoms with Crippen LogP contribution < -0.4 is 10.3 Å². The van der Waals surface area contributed by atoms with Crippen LogP contribution in [0.25, 0.3) is 0 Å². The average molecular weight is 391 g/mol. The lowest BCUT2D eigenvalue weighted by molar-refractivity contribution is 0.445. The summed E-state index contributed by atoms with van der Waals surface area (Å²) in [6.07, 6.45) is 1.19. The maximum atomic E-state index is 12.3. The van der Waals surface area contributed by atoms with E-state index < -0.39 is 20.0 Å². The molecule has 24 heavy (non-hydrogen) atoms. The number of hydrazine groups is 1. The zero-order chi connectivity index (χ0) is 17.8. The molecule has 0 spiro atoms. The average Bonchev–Trinajstić information content (AvgIpc) is 3.10. The number of hydrogen-bond donors (Lipinski definition) is 2. The first-order valence-electron chi connectivity index (χ1n) is 7.08. The van der Waals surface area contributed by atoms with Crippen molar-refractivity contribution in [2.75, 3.05) is 18.5 Å². The Morgan fingerprint density at radius 2 is 1.83 bits per heavy atom. The Morgan fingerprint density at radius 3 is 2.33 bits per heavy atom. The van der Waals surface area contributed by atoms with Gasteiger partial charge in [-0.25, -0.2) is 21.8 Å². The molecule has 0 aromatic carbocycles. The Balaban J connectivity index is 2.10. The van der Waals surface area contributed by atoms with E-state index in [1.54, 1.807) is 25.3 Å². The molecule has 0 aliphatic rings. The van der Waals surface area contributed by atoms with Crippen molar-refractivity contribution >= 4 is 37.2 Å². The van der Waals surface area contributed by atoms with Gasteiger partial charge in [0.1, 0.15) is 14.9 Å². The minimum atomic E-state index is -3.68. The van der Waals surface area contributed by atoms with E-state index >= 15 is 0 Å². The lowest BCUT2D eigenvalue weighted by Crippen LogP contribution is -2.31. The van der Waals surface area contributed by atoms with Gasteiger partial charge < -0.3 is 0 Å². The second-order valence-electron chi connectivity index (χ2n) is 4.63. The Kier molecular flexibility index (Phi) is 5.93. The number of aromatic nitrogens is 1. The number of nitrogens with one attached hydrogen (secondary N) is 2. The third-order valence-corrected chi connectivity index (χ3v) is 7.83. The fourth-order valence-corrected chi connectivity index (χ4v) is 5.15. The van der Waals surface area contributed by atoms with Crippen LogP contribution >= 0.6 is 11.3 Å². The van der Waals surface area contributed by atoms with Crippen LogP contribution in [0.2, 0.25) is 0 Å². The van der Waals surface area contributed by atoms with E-state index in [1.807, 2.05) is 0 Å². The number of thiophene rings is 1. The minimum Gasteiger partial charge on any atom is -0.292 e. The standard InChI is InChI=1S/C13H18N4O4S3/c1-3-17(4-2)24(20,21)11-7-8-12(14-10-11)15-16-23(18,19)13-6-5-9-22-13/h5-10,16H,3-4H2,1-2H3,(H,14,15). The molecule has 2 N–H and O–H groups in total. The van der Waals surface area contributed by atoms with Crippen molar-refractivity contribution in [1.82, 2.24) is 14.1 Å². The van der Waals surface area contributed by atoms with Gasteiger partial charge in [0.05, 0.1) is 0 Å². The van der Waals surface area contributed by atoms with Crippen molar-refractivity contribution in [3.63, 3.8) is 0 Å². The summed E-state index contributed by atoms with van der Waals surface area (Å²) >= 11 is 1.08. The predicted octanol–water partition coefficient (Wildman–Crippen LogP) is 1.48. The molecule has 0 saturated carbocycles. The van der Waals surface area contributed by atoms with Crippen LogP contribution in [0.5, 0.6) is 0 Å². The van der Waals surface area contributed by atoms with Gasteiger partial charge in [-0.1, -0.05) is 19.9 Å². The largest absolute Gasteiger partial charge is 0.292 e. The van der Waals surface area contributed by atoms with Crippen LogP contribution in [-0.4, -0.2) is 39.2 Å². The van der Waals surface area contributed by atoms with Crippen molar-refractivity contribution in [3.05, 3.63) is 35.8 Å². The van der Waals surface area contributed by atoms with E-state index in [9.17, 15) is 16.8 Å². The molecular formula is C13H18N4O4S3. The van der Waals surface area contributed by atoms with Gasteiger partial charge in [-0.3, -0.25) is 5.43 Å². The second kappa shape index (κ2) is 7.57. The van der Waals surface area contributed by atoms with E-state index in [-0.39, 0.29) is 14.9 Å². The smallest absolute Gasteiger partial charge is 0.266 e. The number of pyridine rings is 1. The molecule has 0 saturated heterocycles. The molecule has 0 bridgehead atoms. The molecule has 0 aliphatic heterocycles. The van der Waals surface area contributed by atoms with Crippen LogP contribution in [0.1, 0.15) is 13.8 Å². The first-order valence-corrected chi connectivity index (χ1v) is 10.9. The maximum absolute atomic E-state index is 12.3. The van der Waals surface area contributed by atoms with E-state index in [2.05, 4.69) is 15.2 Å². The number of rotatable bonds is 8. The van der Waals surface area contributed by atoms with Gasteiger partial charge in [0.2, 0.25) is 10.0 Å². The highest BCUT2D eigenvalue weighted by atomic mass is 32.2. The molecule has 0 amide bonds. The summed E-state index contributed by atoms with van der Waals surface area (Å²) in [5.74, 6) is 0.189. The third-order valence-electron chi connectivity index (χ3n) is 3.15. The number of anilines is 1. The zero-order valence-corrected chi connectivity index (χ0v) is 15.6.